The third-order valence-electron chi connectivity index (χ3n) is 5.38. The predicted octanol–water partition coefficient (Wildman–Crippen LogP) is 4.39. The Labute approximate surface area is 189 Å². The van der Waals surface area contributed by atoms with E-state index in [0.29, 0.717) is 12.0 Å². The molecule has 0 radical (unpaired) electrons. The lowest BCUT2D eigenvalue weighted by atomic mass is 9.98. The Balaban J connectivity index is 1.75. The van der Waals surface area contributed by atoms with Gasteiger partial charge in [-0.1, -0.05) is 18.3 Å². The van der Waals surface area contributed by atoms with E-state index in [1.807, 2.05) is 6.92 Å². The number of nitro benzene ring substituents is 1. The summed E-state index contributed by atoms with van der Waals surface area (Å²) >= 11 is 1.22. The summed E-state index contributed by atoms with van der Waals surface area (Å²) in [5.74, 6) is -1.37. The molecular weight excluding hydrogens is 451 g/mol. The van der Waals surface area contributed by atoms with Crippen LogP contribution in [0.3, 0.4) is 0 Å². The van der Waals surface area contributed by atoms with Gasteiger partial charge in [0.1, 0.15) is 16.4 Å². The molecular formula is C22H15FN4O5S. The molecule has 0 fully saturated rings. The summed E-state index contributed by atoms with van der Waals surface area (Å²) in [5, 5.41) is 20.4. The fraction of sp³-hybridized carbons (Fsp3) is 0.182. The molecule has 0 saturated carbocycles. The Morgan fingerprint density at radius 1 is 1.18 bits per heavy atom. The number of fused-ring (bicyclic) bond motifs is 2. The van der Waals surface area contributed by atoms with E-state index < -0.39 is 28.1 Å². The number of hydrogen-bond donors (Lipinski definition) is 0. The number of amides is 1. The normalized spacial score (nSPS) is 15.3. The van der Waals surface area contributed by atoms with E-state index in [1.165, 1.54) is 46.6 Å². The number of non-ortho nitro benzene ring substituents is 1. The first-order chi connectivity index (χ1) is 15.9. The highest BCUT2D eigenvalue weighted by molar-refractivity contribution is 7.15. The van der Waals surface area contributed by atoms with Crippen molar-refractivity contribution in [3.63, 3.8) is 0 Å². The summed E-state index contributed by atoms with van der Waals surface area (Å²) in [6.45, 7) is 1.99. The van der Waals surface area contributed by atoms with E-state index in [2.05, 4.69) is 10.2 Å². The smallest absolute Gasteiger partial charge is 0.297 e. The van der Waals surface area contributed by atoms with Crippen molar-refractivity contribution in [2.24, 2.45) is 0 Å². The zero-order valence-corrected chi connectivity index (χ0v) is 18.0. The van der Waals surface area contributed by atoms with Crippen LogP contribution in [0.1, 0.15) is 46.1 Å². The Bertz CT molecular complexity index is 1480. The van der Waals surface area contributed by atoms with E-state index in [1.54, 1.807) is 0 Å². The maximum atomic E-state index is 13.9. The molecule has 0 N–H and O–H groups in total. The molecule has 0 saturated heterocycles. The summed E-state index contributed by atoms with van der Waals surface area (Å²) in [6, 6.07) is 8.08. The number of aromatic nitrogens is 2. The van der Waals surface area contributed by atoms with Crippen LogP contribution in [0.25, 0.3) is 11.0 Å². The van der Waals surface area contributed by atoms with Gasteiger partial charge in [-0.15, -0.1) is 10.2 Å². The van der Waals surface area contributed by atoms with Gasteiger partial charge in [-0.2, -0.15) is 0 Å². The van der Waals surface area contributed by atoms with Crippen LogP contribution in [-0.2, 0) is 6.42 Å². The fourth-order valence-corrected chi connectivity index (χ4v) is 4.86. The zero-order chi connectivity index (χ0) is 23.3. The average Bonchev–Trinajstić information content (AvgIpc) is 3.37. The summed E-state index contributed by atoms with van der Waals surface area (Å²) in [5.41, 5.74) is -0.129. The van der Waals surface area contributed by atoms with Crippen molar-refractivity contribution in [2.75, 3.05) is 4.90 Å². The molecule has 0 aliphatic carbocycles. The average molecular weight is 466 g/mol. The number of nitro groups is 1. The number of hydrogen-bond acceptors (Lipinski definition) is 8. The van der Waals surface area contributed by atoms with Gasteiger partial charge >= 0.3 is 0 Å². The van der Waals surface area contributed by atoms with E-state index in [4.69, 9.17) is 4.42 Å². The number of nitrogens with zero attached hydrogens (tertiary/aromatic N) is 4. The van der Waals surface area contributed by atoms with Crippen molar-refractivity contribution >= 4 is 39.0 Å². The number of carbonyl (C=O) groups is 1. The van der Waals surface area contributed by atoms with Crippen LogP contribution in [0.5, 0.6) is 0 Å². The Morgan fingerprint density at radius 2 is 1.94 bits per heavy atom. The molecule has 33 heavy (non-hydrogen) atoms. The van der Waals surface area contributed by atoms with Crippen molar-refractivity contribution in [2.45, 2.75) is 25.8 Å². The molecule has 1 atom stereocenters. The summed E-state index contributed by atoms with van der Waals surface area (Å²) in [4.78, 5) is 38.7. The number of rotatable bonds is 5. The molecule has 1 aliphatic heterocycles. The van der Waals surface area contributed by atoms with Crippen LogP contribution in [-0.4, -0.2) is 21.0 Å². The van der Waals surface area contributed by atoms with E-state index >= 15 is 0 Å². The molecule has 166 valence electrons. The SMILES string of the molecule is CCCc1nnc(N2C(=O)c3oc4ccc(F)cc4c(=O)c3C2c2ccc([N+](=O)[O-])cc2)s1. The molecule has 0 bridgehead atoms. The minimum atomic E-state index is -0.959. The number of aryl methyl sites for hydroxylation is 1. The molecule has 4 aromatic rings. The molecule has 1 aliphatic rings. The molecule has 2 aromatic carbocycles. The van der Waals surface area contributed by atoms with E-state index in [0.717, 1.165) is 23.6 Å². The monoisotopic (exact) mass is 466 g/mol. The third kappa shape index (κ3) is 3.37. The topological polar surface area (TPSA) is 119 Å². The van der Waals surface area contributed by atoms with Gasteiger partial charge in [0.2, 0.25) is 10.9 Å². The highest BCUT2D eigenvalue weighted by atomic mass is 32.1. The maximum absolute atomic E-state index is 13.9. The molecule has 5 rings (SSSR count). The molecule has 9 nitrogen and oxygen atoms in total. The largest absolute Gasteiger partial charge is 0.450 e. The number of anilines is 1. The second-order valence-corrected chi connectivity index (χ2v) is 8.51. The van der Waals surface area contributed by atoms with Gasteiger partial charge in [0, 0.05) is 18.6 Å². The molecule has 1 amide bonds. The zero-order valence-electron chi connectivity index (χ0n) is 17.1. The van der Waals surface area contributed by atoms with E-state index in [9.17, 15) is 24.1 Å². The van der Waals surface area contributed by atoms with Gasteiger partial charge in [0.05, 0.1) is 21.9 Å². The first-order valence-corrected chi connectivity index (χ1v) is 10.9. The molecule has 11 heteroatoms. The quantitative estimate of drug-likeness (QED) is 0.316. The molecule has 0 spiro atoms. The maximum Gasteiger partial charge on any atom is 0.297 e. The second kappa shape index (κ2) is 7.85. The second-order valence-electron chi connectivity index (χ2n) is 7.47. The van der Waals surface area contributed by atoms with Crippen LogP contribution in [0.2, 0.25) is 0 Å². The lowest BCUT2D eigenvalue weighted by molar-refractivity contribution is -0.384. The van der Waals surface area contributed by atoms with Crippen LogP contribution in [0.4, 0.5) is 15.2 Å². The first-order valence-electron chi connectivity index (χ1n) is 10.1. The Morgan fingerprint density at radius 3 is 2.64 bits per heavy atom. The third-order valence-corrected chi connectivity index (χ3v) is 6.36. The van der Waals surface area contributed by atoms with Crippen molar-refractivity contribution in [3.8, 4) is 0 Å². The number of halogens is 1. The lowest BCUT2D eigenvalue weighted by Crippen LogP contribution is -2.29. The molecule has 2 aromatic heterocycles. The summed E-state index contributed by atoms with van der Waals surface area (Å²) in [6.07, 6.45) is 1.51. The van der Waals surface area contributed by atoms with Crippen LogP contribution in [0.15, 0.2) is 51.7 Å². The van der Waals surface area contributed by atoms with Gasteiger partial charge in [0.15, 0.2) is 5.43 Å². The van der Waals surface area contributed by atoms with Crippen LogP contribution in [0, 0.1) is 15.9 Å². The van der Waals surface area contributed by atoms with Crippen molar-refractivity contribution < 1.29 is 18.5 Å². The summed E-state index contributed by atoms with van der Waals surface area (Å²) in [7, 11) is 0. The Hall–Kier alpha value is -3.99. The summed E-state index contributed by atoms with van der Waals surface area (Å²) < 4.78 is 19.6. The van der Waals surface area contributed by atoms with Gasteiger partial charge in [0.25, 0.3) is 11.6 Å². The van der Waals surface area contributed by atoms with Gasteiger partial charge in [-0.25, -0.2) is 4.39 Å². The fourth-order valence-electron chi connectivity index (χ4n) is 3.89. The number of carbonyl (C=O) groups excluding carboxylic acids is 1. The highest BCUT2D eigenvalue weighted by Gasteiger charge is 2.45. The van der Waals surface area contributed by atoms with Crippen molar-refractivity contribution in [1.82, 2.24) is 10.2 Å². The van der Waals surface area contributed by atoms with Crippen LogP contribution < -0.4 is 10.3 Å². The van der Waals surface area contributed by atoms with E-state index in [-0.39, 0.29) is 33.1 Å². The first kappa shape index (κ1) is 20.9. The standard InChI is InChI=1S/C22H15FN4O5S/c1-2-3-16-24-25-22(33-16)26-18(11-4-7-13(8-5-11)27(30)31)17-19(28)14-10-12(23)6-9-15(14)32-20(17)21(26)29/h4-10,18H,2-3H2,1H3. The van der Waals surface area contributed by atoms with Gasteiger partial charge in [-0.05, 0) is 42.3 Å². The molecule has 1 unspecified atom stereocenters. The number of benzene rings is 2. The minimum Gasteiger partial charge on any atom is -0.450 e. The van der Waals surface area contributed by atoms with Crippen molar-refractivity contribution in [1.29, 1.82) is 0 Å². The van der Waals surface area contributed by atoms with Gasteiger partial charge < -0.3 is 4.42 Å². The minimum absolute atomic E-state index is 0.000697. The Kier molecular flexibility index (Phi) is 4.97. The lowest BCUT2D eigenvalue weighted by Gasteiger charge is -2.21. The highest BCUT2D eigenvalue weighted by Crippen LogP contribution is 2.42. The van der Waals surface area contributed by atoms with Gasteiger partial charge in [-0.3, -0.25) is 24.6 Å². The van der Waals surface area contributed by atoms with Crippen LogP contribution >= 0.6 is 11.3 Å². The molecule has 3 heterocycles. The van der Waals surface area contributed by atoms with Crippen molar-refractivity contribution in [3.05, 3.63) is 90.5 Å². The predicted molar refractivity (Wildman–Crippen MR) is 118 cm³/mol.